The summed E-state index contributed by atoms with van der Waals surface area (Å²) < 4.78 is 34.8. The predicted molar refractivity (Wildman–Crippen MR) is 47.9 cm³/mol. The van der Waals surface area contributed by atoms with Crippen LogP contribution in [0.5, 0.6) is 0 Å². The minimum atomic E-state index is -4.41. The van der Waals surface area contributed by atoms with Crippen LogP contribution in [-0.2, 0) is 0 Å². The van der Waals surface area contributed by atoms with Crippen LogP contribution >= 0.6 is 12.4 Å². The van der Waals surface area contributed by atoms with Gasteiger partial charge in [0.15, 0.2) is 0 Å². The number of carbonyl (C=O) groups excluding carboxylic acids is 1. The van der Waals surface area contributed by atoms with Crippen molar-refractivity contribution in [1.29, 1.82) is 0 Å². The topological polar surface area (TPSA) is 58.4 Å². The average Bonchev–Trinajstić information content (AvgIpc) is 1.97. The number of nitrogens with zero attached hydrogens (tertiary/aromatic N) is 1. The first-order chi connectivity index (χ1) is 5.74. The van der Waals surface area contributed by atoms with Gasteiger partial charge < -0.3 is 5.32 Å². The number of nitrogens with one attached hydrogen (secondary N) is 1. The molecule has 0 unspecified atom stereocenters. The molecule has 0 aromatic carbocycles. The lowest BCUT2D eigenvalue weighted by Gasteiger charge is -2.21. The van der Waals surface area contributed by atoms with Crippen LogP contribution in [0.4, 0.5) is 18.0 Å². The fourth-order valence-electron chi connectivity index (χ4n) is 0.502. The highest BCUT2D eigenvalue weighted by atomic mass is 35.5. The molecule has 0 saturated carbocycles. The lowest BCUT2D eigenvalue weighted by atomic mass is 10.4. The van der Waals surface area contributed by atoms with Gasteiger partial charge in [-0.2, -0.15) is 13.2 Å². The van der Waals surface area contributed by atoms with E-state index in [1.807, 2.05) is 0 Å². The molecule has 0 radical (unpaired) electrons. The van der Waals surface area contributed by atoms with Gasteiger partial charge in [0.05, 0.1) is 0 Å². The van der Waals surface area contributed by atoms with Crippen LogP contribution in [0.1, 0.15) is 13.8 Å². The van der Waals surface area contributed by atoms with E-state index >= 15 is 0 Å². The van der Waals surface area contributed by atoms with E-state index in [1.165, 1.54) is 0 Å². The summed E-state index contributed by atoms with van der Waals surface area (Å²) >= 11 is 0. The lowest BCUT2D eigenvalue weighted by Crippen LogP contribution is -2.50. The molecule has 14 heavy (non-hydrogen) atoms. The van der Waals surface area contributed by atoms with Gasteiger partial charge in [-0.1, -0.05) is 0 Å². The molecule has 0 spiro atoms. The van der Waals surface area contributed by atoms with E-state index < -0.39 is 18.8 Å². The summed E-state index contributed by atoms with van der Waals surface area (Å²) in [5.41, 5.74) is 0. The summed E-state index contributed by atoms with van der Waals surface area (Å²) in [7, 11) is 0. The predicted octanol–water partition coefficient (Wildman–Crippen LogP) is 1.26. The third-order valence-corrected chi connectivity index (χ3v) is 1.23. The molecule has 0 aromatic rings. The van der Waals surface area contributed by atoms with Gasteiger partial charge in [-0.15, -0.1) is 12.4 Å². The third-order valence-electron chi connectivity index (χ3n) is 1.23. The second kappa shape index (κ2) is 5.92. The first-order valence-corrected chi connectivity index (χ1v) is 3.62. The molecular formula is C6H13ClF3N3O. The van der Waals surface area contributed by atoms with Crippen LogP contribution in [0.2, 0.25) is 0 Å². The van der Waals surface area contributed by atoms with Gasteiger partial charge >= 0.3 is 12.2 Å². The SMILES string of the molecule is CC(C)N(N)C(=O)NCC(F)(F)F.Cl. The number of hydrazine groups is 1. The van der Waals surface area contributed by atoms with Gasteiger partial charge in [0.25, 0.3) is 0 Å². The average molecular weight is 236 g/mol. The second-order valence-electron chi connectivity index (χ2n) is 2.77. The molecule has 2 amide bonds. The quantitative estimate of drug-likeness (QED) is 0.430. The van der Waals surface area contributed by atoms with E-state index in [-0.39, 0.29) is 18.4 Å². The summed E-state index contributed by atoms with van der Waals surface area (Å²) in [6.45, 7) is 1.81. The molecule has 86 valence electrons. The van der Waals surface area contributed by atoms with Crippen molar-refractivity contribution in [2.45, 2.75) is 26.1 Å². The highest BCUT2D eigenvalue weighted by molar-refractivity contribution is 5.85. The number of nitrogens with two attached hydrogens (primary N) is 1. The van der Waals surface area contributed by atoms with E-state index in [2.05, 4.69) is 0 Å². The zero-order valence-electron chi connectivity index (χ0n) is 7.76. The Morgan fingerprint density at radius 2 is 1.93 bits per heavy atom. The van der Waals surface area contributed by atoms with E-state index in [0.29, 0.717) is 5.01 Å². The van der Waals surface area contributed by atoms with Crippen LogP contribution in [0.3, 0.4) is 0 Å². The molecule has 4 nitrogen and oxygen atoms in total. The molecule has 0 aliphatic rings. The van der Waals surface area contributed by atoms with Crippen molar-refractivity contribution in [3.63, 3.8) is 0 Å². The van der Waals surface area contributed by atoms with Gasteiger partial charge in [0, 0.05) is 6.04 Å². The second-order valence-corrected chi connectivity index (χ2v) is 2.77. The summed E-state index contributed by atoms with van der Waals surface area (Å²) in [6.07, 6.45) is -4.41. The van der Waals surface area contributed by atoms with Crippen molar-refractivity contribution >= 4 is 18.4 Å². The standard InChI is InChI=1S/C6H12F3N3O.ClH/c1-4(2)12(10)5(13)11-3-6(7,8)9;/h4H,3,10H2,1-2H3,(H,11,13);1H. The van der Waals surface area contributed by atoms with Gasteiger partial charge in [0.1, 0.15) is 6.54 Å². The molecule has 0 aromatic heterocycles. The normalized spacial score (nSPS) is 10.8. The molecule has 0 bridgehead atoms. The number of hydrogen-bond donors (Lipinski definition) is 2. The largest absolute Gasteiger partial charge is 0.405 e. The highest BCUT2D eigenvalue weighted by Crippen LogP contribution is 2.12. The monoisotopic (exact) mass is 235 g/mol. The van der Waals surface area contributed by atoms with E-state index in [1.54, 1.807) is 19.2 Å². The molecule has 0 aliphatic heterocycles. The number of alkyl halides is 3. The Kier molecular flexibility index (Phi) is 6.67. The molecule has 0 atom stereocenters. The molecule has 0 heterocycles. The molecule has 0 aliphatic carbocycles. The molecule has 8 heteroatoms. The number of carbonyl (C=O) groups is 1. The van der Waals surface area contributed by atoms with Gasteiger partial charge in [-0.05, 0) is 13.8 Å². The van der Waals surface area contributed by atoms with E-state index in [9.17, 15) is 18.0 Å². The summed E-state index contributed by atoms with van der Waals surface area (Å²) in [4.78, 5) is 10.8. The first kappa shape index (κ1) is 15.8. The lowest BCUT2D eigenvalue weighted by molar-refractivity contribution is -0.123. The number of halogens is 4. The third kappa shape index (κ3) is 6.79. The Hall–Kier alpha value is -0.690. The Morgan fingerprint density at radius 3 is 2.21 bits per heavy atom. The molecule has 0 fully saturated rings. The summed E-state index contributed by atoms with van der Waals surface area (Å²) in [5.74, 6) is 5.14. The maximum absolute atomic E-state index is 11.6. The van der Waals surface area contributed by atoms with Crippen molar-refractivity contribution in [3.8, 4) is 0 Å². The maximum Gasteiger partial charge on any atom is 0.405 e. The van der Waals surface area contributed by atoms with Crippen molar-refractivity contribution in [1.82, 2.24) is 10.3 Å². The number of hydrogen-bond acceptors (Lipinski definition) is 2. The minimum Gasteiger partial charge on any atom is -0.328 e. The zero-order valence-corrected chi connectivity index (χ0v) is 8.58. The van der Waals surface area contributed by atoms with Crippen molar-refractivity contribution in [2.75, 3.05) is 6.54 Å². The summed E-state index contributed by atoms with van der Waals surface area (Å²) in [5, 5.41) is 2.34. The van der Waals surface area contributed by atoms with Crippen molar-refractivity contribution in [2.24, 2.45) is 5.84 Å². The van der Waals surface area contributed by atoms with E-state index in [0.717, 1.165) is 0 Å². The molecule has 0 rings (SSSR count). The Morgan fingerprint density at radius 1 is 1.50 bits per heavy atom. The Bertz CT molecular complexity index is 186. The number of urea groups is 1. The number of rotatable bonds is 2. The zero-order chi connectivity index (χ0) is 10.6. The van der Waals surface area contributed by atoms with E-state index in [4.69, 9.17) is 5.84 Å². The fourth-order valence-corrected chi connectivity index (χ4v) is 0.502. The van der Waals surface area contributed by atoms with Crippen LogP contribution in [-0.4, -0.2) is 29.8 Å². The number of amides is 2. The Labute approximate surface area is 86.0 Å². The Balaban J connectivity index is 0. The first-order valence-electron chi connectivity index (χ1n) is 3.62. The van der Waals surface area contributed by atoms with Crippen LogP contribution in [0, 0.1) is 0 Å². The molecule has 0 saturated heterocycles. The van der Waals surface area contributed by atoms with Gasteiger partial charge in [0.2, 0.25) is 0 Å². The maximum atomic E-state index is 11.6. The molecule has 3 N–H and O–H groups in total. The molecular weight excluding hydrogens is 223 g/mol. The van der Waals surface area contributed by atoms with Crippen molar-refractivity contribution < 1.29 is 18.0 Å². The van der Waals surface area contributed by atoms with Gasteiger partial charge in [-0.25, -0.2) is 10.6 Å². The summed E-state index contributed by atoms with van der Waals surface area (Å²) in [6, 6.07) is -1.28. The fraction of sp³-hybridized carbons (Fsp3) is 0.833. The van der Waals surface area contributed by atoms with Crippen LogP contribution in [0.15, 0.2) is 0 Å². The van der Waals surface area contributed by atoms with Gasteiger partial charge in [-0.3, -0.25) is 5.01 Å². The smallest absolute Gasteiger partial charge is 0.328 e. The minimum absolute atomic E-state index is 0. The van der Waals surface area contributed by atoms with Crippen molar-refractivity contribution in [3.05, 3.63) is 0 Å². The van der Waals surface area contributed by atoms with Crippen LogP contribution < -0.4 is 11.2 Å². The highest BCUT2D eigenvalue weighted by Gasteiger charge is 2.28. The van der Waals surface area contributed by atoms with Crippen LogP contribution in [0.25, 0.3) is 0 Å².